The molecule has 1 heteroatoms. The van der Waals surface area contributed by atoms with Gasteiger partial charge in [0.15, 0.2) is 0 Å². The molecule has 0 saturated heterocycles. The van der Waals surface area contributed by atoms with Crippen LogP contribution in [0.25, 0.3) is 0 Å². The molecule has 0 aromatic rings. The third-order valence-electron chi connectivity index (χ3n) is 2.19. The standard InChI is InChI=1S/C11H22O/c1-10(2,3)6-7-11(4,5)8-9-12/h9H,6-8H2,1-5H3. The molecule has 0 bridgehead atoms. The molecule has 1 nitrogen and oxygen atoms in total. The molecule has 0 aliphatic carbocycles. The van der Waals surface area contributed by atoms with E-state index in [0.29, 0.717) is 11.8 Å². The van der Waals surface area contributed by atoms with E-state index in [-0.39, 0.29) is 5.41 Å². The topological polar surface area (TPSA) is 17.1 Å². The summed E-state index contributed by atoms with van der Waals surface area (Å²) in [5.74, 6) is 0. The number of hydrogen-bond donors (Lipinski definition) is 0. The zero-order valence-electron chi connectivity index (χ0n) is 9.11. The minimum Gasteiger partial charge on any atom is -0.303 e. The fourth-order valence-electron chi connectivity index (χ4n) is 1.04. The molecule has 0 aliphatic heterocycles. The predicted octanol–water partition coefficient (Wildman–Crippen LogP) is 3.43. The molecule has 0 saturated carbocycles. The molecule has 0 spiro atoms. The Morgan fingerprint density at radius 2 is 1.50 bits per heavy atom. The summed E-state index contributed by atoms with van der Waals surface area (Å²) in [5.41, 5.74) is 0.579. The van der Waals surface area contributed by atoms with Crippen molar-refractivity contribution < 1.29 is 4.79 Å². The lowest BCUT2D eigenvalue weighted by molar-refractivity contribution is -0.109. The van der Waals surface area contributed by atoms with Gasteiger partial charge < -0.3 is 4.79 Å². The third kappa shape index (κ3) is 6.38. The van der Waals surface area contributed by atoms with E-state index in [2.05, 4.69) is 34.6 Å². The van der Waals surface area contributed by atoms with E-state index >= 15 is 0 Å². The van der Waals surface area contributed by atoms with Crippen LogP contribution in [-0.2, 0) is 4.79 Å². The van der Waals surface area contributed by atoms with Crippen LogP contribution < -0.4 is 0 Å². The fraction of sp³-hybridized carbons (Fsp3) is 0.909. The third-order valence-corrected chi connectivity index (χ3v) is 2.19. The molecule has 0 aromatic heterocycles. The highest BCUT2D eigenvalue weighted by atomic mass is 16.1. The van der Waals surface area contributed by atoms with Gasteiger partial charge in [-0.15, -0.1) is 0 Å². The Bertz CT molecular complexity index is 140. The molecule has 0 heterocycles. The first-order valence-corrected chi connectivity index (χ1v) is 4.70. The van der Waals surface area contributed by atoms with E-state index in [9.17, 15) is 4.79 Å². The first-order valence-electron chi connectivity index (χ1n) is 4.70. The number of rotatable bonds is 4. The van der Waals surface area contributed by atoms with E-state index in [1.807, 2.05) is 0 Å². The Labute approximate surface area is 76.6 Å². The van der Waals surface area contributed by atoms with Crippen LogP contribution in [0.3, 0.4) is 0 Å². The van der Waals surface area contributed by atoms with Crippen LogP contribution in [-0.4, -0.2) is 6.29 Å². The molecular weight excluding hydrogens is 148 g/mol. The Balaban J connectivity index is 3.83. The van der Waals surface area contributed by atoms with Crippen LogP contribution in [0.2, 0.25) is 0 Å². The second kappa shape index (κ2) is 4.06. The summed E-state index contributed by atoms with van der Waals surface area (Å²) >= 11 is 0. The normalized spacial score (nSPS) is 13.1. The Kier molecular flexibility index (Phi) is 3.95. The van der Waals surface area contributed by atoms with Crippen molar-refractivity contribution in [2.75, 3.05) is 0 Å². The molecule has 0 radical (unpaired) electrons. The van der Waals surface area contributed by atoms with Gasteiger partial charge in [-0.05, 0) is 23.7 Å². The summed E-state index contributed by atoms with van der Waals surface area (Å²) in [5, 5.41) is 0. The maximum Gasteiger partial charge on any atom is 0.120 e. The molecule has 0 aliphatic rings. The minimum atomic E-state index is 0.190. The summed E-state index contributed by atoms with van der Waals surface area (Å²) in [6.07, 6.45) is 4.04. The van der Waals surface area contributed by atoms with E-state index in [4.69, 9.17) is 0 Å². The Morgan fingerprint density at radius 1 is 1.00 bits per heavy atom. The van der Waals surface area contributed by atoms with Crippen molar-refractivity contribution in [2.24, 2.45) is 10.8 Å². The summed E-state index contributed by atoms with van der Waals surface area (Å²) < 4.78 is 0. The van der Waals surface area contributed by atoms with Gasteiger partial charge in [-0.25, -0.2) is 0 Å². The second-order valence-electron chi connectivity index (χ2n) is 5.60. The lowest BCUT2D eigenvalue weighted by Gasteiger charge is -2.27. The van der Waals surface area contributed by atoms with Crippen molar-refractivity contribution in [3.8, 4) is 0 Å². The lowest BCUT2D eigenvalue weighted by atomic mass is 9.78. The van der Waals surface area contributed by atoms with Crippen LogP contribution >= 0.6 is 0 Å². The predicted molar refractivity (Wildman–Crippen MR) is 53.2 cm³/mol. The second-order valence-corrected chi connectivity index (χ2v) is 5.60. The summed E-state index contributed by atoms with van der Waals surface area (Å²) in [6.45, 7) is 11.0. The monoisotopic (exact) mass is 170 g/mol. The first-order chi connectivity index (χ1) is 5.27. The molecule has 72 valence electrons. The van der Waals surface area contributed by atoms with Gasteiger partial charge in [0.2, 0.25) is 0 Å². The maximum atomic E-state index is 10.3. The molecule has 0 aromatic carbocycles. The van der Waals surface area contributed by atoms with E-state index in [0.717, 1.165) is 12.7 Å². The first kappa shape index (κ1) is 11.7. The van der Waals surface area contributed by atoms with Crippen LogP contribution in [0, 0.1) is 10.8 Å². The molecule has 0 rings (SSSR count). The van der Waals surface area contributed by atoms with E-state index < -0.39 is 0 Å². The fourth-order valence-corrected chi connectivity index (χ4v) is 1.04. The van der Waals surface area contributed by atoms with Gasteiger partial charge in [-0.2, -0.15) is 0 Å². The molecular formula is C11H22O. The smallest absolute Gasteiger partial charge is 0.120 e. The van der Waals surface area contributed by atoms with Crippen LogP contribution in [0.1, 0.15) is 53.9 Å². The zero-order valence-corrected chi connectivity index (χ0v) is 9.11. The number of carbonyl (C=O) groups is 1. The average molecular weight is 170 g/mol. The largest absolute Gasteiger partial charge is 0.303 e. The zero-order chi connectivity index (χ0) is 9.83. The van der Waals surface area contributed by atoms with Gasteiger partial charge >= 0.3 is 0 Å². The van der Waals surface area contributed by atoms with Gasteiger partial charge in [0.05, 0.1) is 0 Å². The van der Waals surface area contributed by atoms with Gasteiger partial charge in [-0.3, -0.25) is 0 Å². The summed E-state index contributed by atoms with van der Waals surface area (Å²) in [7, 11) is 0. The summed E-state index contributed by atoms with van der Waals surface area (Å²) in [4.78, 5) is 10.3. The van der Waals surface area contributed by atoms with E-state index in [1.165, 1.54) is 6.42 Å². The van der Waals surface area contributed by atoms with Crippen molar-refractivity contribution in [3.63, 3.8) is 0 Å². The molecule has 0 unspecified atom stereocenters. The Hall–Kier alpha value is -0.330. The molecule has 0 fully saturated rings. The maximum absolute atomic E-state index is 10.3. The lowest BCUT2D eigenvalue weighted by Crippen LogP contribution is -2.16. The minimum absolute atomic E-state index is 0.190. The quantitative estimate of drug-likeness (QED) is 0.591. The highest BCUT2D eigenvalue weighted by molar-refractivity contribution is 5.50. The molecule has 12 heavy (non-hydrogen) atoms. The molecule has 0 amide bonds. The van der Waals surface area contributed by atoms with Gasteiger partial charge in [0.1, 0.15) is 6.29 Å². The number of hydrogen-bond acceptors (Lipinski definition) is 1. The van der Waals surface area contributed by atoms with Crippen molar-refractivity contribution in [3.05, 3.63) is 0 Å². The SMILES string of the molecule is CC(C)(C)CCC(C)(C)CC=O. The highest BCUT2D eigenvalue weighted by Gasteiger charge is 2.20. The molecule has 0 atom stereocenters. The van der Waals surface area contributed by atoms with Crippen molar-refractivity contribution in [2.45, 2.75) is 53.9 Å². The van der Waals surface area contributed by atoms with Crippen LogP contribution in [0.15, 0.2) is 0 Å². The van der Waals surface area contributed by atoms with Gasteiger partial charge in [-0.1, -0.05) is 34.6 Å². The van der Waals surface area contributed by atoms with Gasteiger partial charge in [0.25, 0.3) is 0 Å². The highest BCUT2D eigenvalue weighted by Crippen LogP contribution is 2.31. The van der Waals surface area contributed by atoms with Gasteiger partial charge in [0, 0.05) is 6.42 Å². The van der Waals surface area contributed by atoms with E-state index in [1.54, 1.807) is 0 Å². The van der Waals surface area contributed by atoms with Crippen molar-refractivity contribution in [1.29, 1.82) is 0 Å². The van der Waals surface area contributed by atoms with Crippen molar-refractivity contribution >= 4 is 6.29 Å². The molecule has 0 N–H and O–H groups in total. The number of carbonyl (C=O) groups excluding carboxylic acids is 1. The average Bonchev–Trinajstić information content (AvgIpc) is 1.83. The van der Waals surface area contributed by atoms with Crippen molar-refractivity contribution in [1.82, 2.24) is 0 Å². The van der Waals surface area contributed by atoms with Crippen LogP contribution in [0.5, 0.6) is 0 Å². The van der Waals surface area contributed by atoms with Crippen LogP contribution in [0.4, 0.5) is 0 Å². The number of aldehydes is 1. The summed E-state index contributed by atoms with van der Waals surface area (Å²) in [6, 6.07) is 0. The Morgan fingerprint density at radius 3 is 1.83 bits per heavy atom.